The van der Waals surface area contributed by atoms with Crippen LogP contribution in [0.1, 0.15) is 38.2 Å². The lowest BCUT2D eigenvalue weighted by atomic mass is 9.79. The van der Waals surface area contributed by atoms with Gasteiger partial charge in [0, 0.05) is 12.1 Å². The van der Waals surface area contributed by atoms with Crippen molar-refractivity contribution in [2.24, 2.45) is 5.92 Å². The zero-order chi connectivity index (χ0) is 15.5. The first-order valence-corrected chi connectivity index (χ1v) is 7.31. The second kappa shape index (κ2) is 6.52. The second-order valence-electron chi connectivity index (χ2n) is 6.07. The summed E-state index contributed by atoms with van der Waals surface area (Å²) in [6.45, 7) is 2.31. The smallest absolute Gasteiger partial charge is 0.224 e. The van der Waals surface area contributed by atoms with Gasteiger partial charge >= 0.3 is 0 Å². The molecular weight excluding hydrogens is 276 g/mol. The molecule has 1 aromatic carbocycles. The molecule has 1 saturated carbocycles. The number of benzene rings is 1. The SMILES string of the molecule is CC1CCC(O)(CNC(=O)Cc2cccc(F)c2F)CC1. The molecule has 2 N–H and O–H groups in total. The molecule has 1 aliphatic carbocycles. The number of rotatable bonds is 4. The fourth-order valence-corrected chi connectivity index (χ4v) is 2.66. The highest BCUT2D eigenvalue weighted by atomic mass is 19.2. The van der Waals surface area contributed by atoms with Crippen molar-refractivity contribution < 1.29 is 18.7 Å². The van der Waals surface area contributed by atoms with E-state index >= 15 is 0 Å². The van der Waals surface area contributed by atoms with Gasteiger partial charge in [0.05, 0.1) is 12.0 Å². The van der Waals surface area contributed by atoms with Gasteiger partial charge in [-0.15, -0.1) is 0 Å². The summed E-state index contributed by atoms with van der Waals surface area (Å²) in [7, 11) is 0. The summed E-state index contributed by atoms with van der Waals surface area (Å²) in [5.41, 5.74) is -0.848. The van der Waals surface area contributed by atoms with Crippen molar-refractivity contribution in [1.29, 1.82) is 0 Å². The third-order valence-electron chi connectivity index (χ3n) is 4.20. The predicted octanol–water partition coefficient (Wildman–Crippen LogP) is 2.56. The molecule has 2 rings (SSSR count). The first kappa shape index (κ1) is 15.9. The second-order valence-corrected chi connectivity index (χ2v) is 6.07. The number of halogens is 2. The summed E-state index contributed by atoms with van der Waals surface area (Å²) >= 11 is 0. The van der Waals surface area contributed by atoms with Crippen LogP contribution >= 0.6 is 0 Å². The van der Waals surface area contributed by atoms with Crippen molar-refractivity contribution in [2.45, 2.75) is 44.6 Å². The average molecular weight is 297 g/mol. The van der Waals surface area contributed by atoms with E-state index in [9.17, 15) is 18.7 Å². The maximum Gasteiger partial charge on any atom is 0.224 e. The fraction of sp³-hybridized carbons (Fsp3) is 0.562. The van der Waals surface area contributed by atoms with E-state index in [4.69, 9.17) is 0 Å². The van der Waals surface area contributed by atoms with E-state index < -0.39 is 23.1 Å². The van der Waals surface area contributed by atoms with Crippen LogP contribution in [0.4, 0.5) is 8.78 Å². The number of nitrogens with one attached hydrogen (secondary N) is 1. The molecule has 1 amide bonds. The van der Waals surface area contributed by atoms with Crippen molar-refractivity contribution in [3.63, 3.8) is 0 Å². The van der Waals surface area contributed by atoms with Crippen LogP contribution in [0.2, 0.25) is 0 Å². The van der Waals surface area contributed by atoms with Crippen molar-refractivity contribution in [3.05, 3.63) is 35.4 Å². The molecule has 0 saturated heterocycles. The summed E-state index contributed by atoms with van der Waals surface area (Å²) in [5, 5.41) is 13.0. The van der Waals surface area contributed by atoms with Crippen LogP contribution < -0.4 is 5.32 Å². The third-order valence-corrected chi connectivity index (χ3v) is 4.20. The van der Waals surface area contributed by atoms with E-state index in [-0.39, 0.29) is 18.5 Å². The topological polar surface area (TPSA) is 49.3 Å². The summed E-state index contributed by atoms with van der Waals surface area (Å²) in [5.74, 6) is -1.76. The van der Waals surface area contributed by atoms with Crippen LogP contribution in [0.5, 0.6) is 0 Å². The number of carbonyl (C=O) groups is 1. The van der Waals surface area contributed by atoms with Crippen LogP contribution in [0.3, 0.4) is 0 Å². The van der Waals surface area contributed by atoms with Gasteiger partial charge in [-0.25, -0.2) is 8.78 Å². The highest BCUT2D eigenvalue weighted by Crippen LogP contribution is 2.31. The first-order chi connectivity index (χ1) is 9.89. The molecule has 0 aromatic heterocycles. The van der Waals surface area contributed by atoms with E-state index in [0.717, 1.165) is 18.9 Å². The molecule has 3 nitrogen and oxygen atoms in total. The number of amides is 1. The average Bonchev–Trinajstić information content (AvgIpc) is 2.46. The predicted molar refractivity (Wildman–Crippen MR) is 75.7 cm³/mol. The quantitative estimate of drug-likeness (QED) is 0.897. The van der Waals surface area contributed by atoms with E-state index in [0.29, 0.717) is 18.8 Å². The van der Waals surface area contributed by atoms with Gasteiger partial charge in [-0.05, 0) is 37.7 Å². The molecule has 1 aromatic rings. The summed E-state index contributed by atoms with van der Waals surface area (Å²) < 4.78 is 26.5. The Hall–Kier alpha value is -1.49. The maximum absolute atomic E-state index is 13.5. The van der Waals surface area contributed by atoms with Gasteiger partial charge in [0.15, 0.2) is 11.6 Å². The van der Waals surface area contributed by atoms with Crippen LogP contribution in [0.15, 0.2) is 18.2 Å². The van der Waals surface area contributed by atoms with Crippen LogP contribution in [0, 0.1) is 17.6 Å². The molecule has 0 heterocycles. The molecule has 0 spiro atoms. The first-order valence-electron chi connectivity index (χ1n) is 7.31. The molecule has 0 aliphatic heterocycles. The zero-order valence-corrected chi connectivity index (χ0v) is 12.2. The summed E-state index contributed by atoms with van der Waals surface area (Å²) in [6.07, 6.45) is 2.96. The van der Waals surface area contributed by atoms with Gasteiger partial charge in [0.1, 0.15) is 0 Å². The largest absolute Gasteiger partial charge is 0.388 e. The highest BCUT2D eigenvalue weighted by molar-refractivity contribution is 5.78. The highest BCUT2D eigenvalue weighted by Gasteiger charge is 2.32. The summed E-state index contributed by atoms with van der Waals surface area (Å²) in [6, 6.07) is 3.77. The molecule has 1 aliphatic rings. The molecule has 5 heteroatoms. The van der Waals surface area contributed by atoms with Gasteiger partial charge in [-0.3, -0.25) is 4.79 Å². The number of aliphatic hydroxyl groups is 1. The lowest BCUT2D eigenvalue weighted by molar-refractivity contribution is -0.122. The number of hydrogen-bond acceptors (Lipinski definition) is 2. The van der Waals surface area contributed by atoms with Gasteiger partial charge in [-0.1, -0.05) is 19.1 Å². The Balaban J connectivity index is 1.86. The van der Waals surface area contributed by atoms with E-state index in [1.807, 2.05) is 0 Å². The molecule has 0 atom stereocenters. The van der Waals surface area contributed by atoms with Crippen LogP contribution in [-0.4, -0.2) is 23.2 Å². The lowest BCUT2D eigenvalue weighted by Gasteiger charge is -2.34. The van der Waals surface area contributed by atoms with Crippen molar-refractivity contribution in [2.75, 3.05) is 6.54 Å². The van der Waals surface area contributed by atoms with Gasteiger partial charge in [0.2, 0.25) is 5.91 Å². The van der Waals surface area contributed by atoms with Crippen LogP contribution in [0.25, 0.3) is 0 Å². The maximum atomic E-state index is 13.5. The van der Waals surface area contributed by atoms with Crippen molar-refractivity contribution >= 4 is 5.91 Å². The van der Waals surface area contributed by atoms with E-state index in [2.05, 4.69) is 12.2 Å². The Morgan fingerprint density at radius 1 is 1.38 bits per heavy atom. The number of carbonyl (C=O) groups excluding carboxylic acids is 1. The van der Waals surface area contributed by atoms with Crippen molar-refractivity contribution in [3.8, 4) is 0 Å². The monoisotopic (exact) mass is 297 g/mol. The number of hydrogen-bond donors (Lipinski definition) is 2. The molecule has 1 fully saturated rings. The Bertz CT molecular complexity index is 511. The van der Waals surface area contributed by atoms with Gasteiger partial charge in [0.25, 0.3) is 0 Å². The Morgan fingerprint density at radius 2 is 2.05 bits per heavy atom. The van der Waals surface area contributed by atoms with Gasteiger partial charge in [-0.2, -0.15) is 0 Å². The molecular formula is C16H21F2NO2. The minimum atomic E-state index is -0.988. The van der Waals surface area contributed by atoms with Crippen molar-refractivity contribution in [1.82, 2.24) is 5.32 Å². The molecule has 116 valence electrons. The lowest BCUT2D eigenvalue weighted by Crippen LogP contribution is -2.45. The Labute approximate surface area is 123 Å². The summed E-state index contributed by atoms with van der Waals surface area (Å²) in [4.78, 5) is 11.8. The van der Waals surface area contributed by atoms with Crippen LogP contribution in [-0.2, 0) is 11.2 Å². The van der Waals surface area contributed by atoms with E-state index in [1.165, 1.54) is 12.1 Å². The van der Waals surface area contributed by atoms with Gasteiger partial charge < -0.3 is 10.4 Å². The minimum absolute atomic E-state index is 0.0248. The molecule has 0 bridgehead atoms. The standard InChI is InChI=1S/C16H21F2NO2/c1-11-5-7-16(21,8-6-11)10-19-14(20)9-12-3-2-4-13(17)15(12)18/h2-4,11,21H,5-10H2,1H3,(H,19,20). The van der Waals surface area contributed by atoms with E-state index in [1.54, 1.807) is 0 Å². The Morgan fingerprint density at radius 3 is 2.71 bits per heavy atom. The fourth-order valence-electron chi connectivity index (χ4n) is 2.66. The normalized spacial score (nSPS) is 25.6. The molecule has 0 radical (unpaired) electrons. The Kier molecular flexibility index (Phi) is 4.93. The minimum Gasteiger partial charge on any atom is -0.388 e. The zero-order valence-electron chi connectivity index (χ0n) is 12.2. The molecule has 0 unspecified atom stereocenters. The third kappa shape index (κ3) is 4.24. The molecule has 21 heavy (non-hydrogen) atoms.